The van der Waals surface area contributed by atoms with Crippen LogP contribution < -0.4 is 4.74 Å². The zero-order valence-electron chi connectivity index (χ0n) is 9.22. The van der Waals surface area contributed by atoms with Crippen LogP contribution in [0.15, 0.2) is 24.3 Å². The zero-order valence-corrected chi connectivity index (χ0v) is 9.22. The molecule has 0 saturated carbocycles. The van der Waals surface area contributed by atoms with E-state index in [0.29, 0.717) is 12.2 Å². The molecule has 0 heterocycles. The number of carbonyl (C=O) groups is 1. The van der Waals surface area contributed by atoms with Gasteiger partial charge in [-0.15, -0.1) is 0 Å². The molecule has 0 amide bonds. The highest BCUT2D eigenvalue weighted by Crippen LogP contribution is 2.20. The van der Waals surface area contributed by atoms with Gasteiger partial charge in [0.2, 0.25) is 0 Å². The van der Waals surface area contributed by atoms with Crippen LogP contribution in [0.1, 0.15) is 31.4 Å². The number of aliphatic hydroxyl groups is 1. The van der Waals surface area contributed by atoms with E-state index in [4.69, 9.17) is 9.84 Å². The summed E-state index contributed by atoms with van der Waals surface area (Å²) in [6.07, 6.45) is -0.309. The summed E-state index contributed by atoms with van der Waals surface area (Å²) in [5.41, 5.74) is 0.589. The van der Waals surface area contributed by atoms with Gasteiger partial charge in [-0.2, -0.15) is 0 Å². The smallest absolute Gasteiger partial charge is 0.306 e. The van der Waals surface area contributed by atoms with Crippen LogP contribution in [0.5, 0.6) is 5.75 Å². The van der Waals surface area contributed by atoms with Crippen LogP contribution in [-0.4, -0.2) is 22.8 Å². The Morgan fingerprint density at radius 1 is 1.38 bits per heavy atom. The molecule has 4 nitrogen and oxygen atoms in total. The Morgan fingerprint density at radius 3 is 2.50 bits per heavy atom. The van der Waals surface area contributed by atoms with Gasteiger partial charge >= 0.3 is 5.97 Å². The summed E-state index contributed by atoms with van der Waals surface area (Å²) >= 11 is 0. The first kappa shape index (κ1) is 12.5. The summed E-state index contributed by atoms with van der Waals surface area (Å²) in [5.74, 6) is -0.285. The molecular weight excluding hydrogens is 208 g/mol. The summed E-state index contributed by atoms with van der Waals surface area (Å²) in [7, 11) is 0. The van der Waals surface area contributed by atoms with Gasteiger partial charge < -0.3 is 14.9 Å². The average molecular weight is 224 g/mol. The quantitative estimate of drug-likeness (QED) is 0.775. The van der Waals surface area contributed by atoms with Crippen molar-refractivity contribution in [3.05, 3.63) is 29.8 Å². The fraction of sp³-hybridized carbons (Fsp3) is 0.417. The molecule has 0 aliphatic rings. The molecule has 1 rings (SSSR count). The van der Waals surface area contributed by atoms with Gasteiger partial charge in [0, 0.05) is 0 Å². The molecule has 1 atom stereocenters. The molecule has 2 N–H and O–H groups in total. The van der Waals surface area contributed by atoms with Gasteiger partial charge in [-0.3, -0.25) is 4.79 Å². The molecule has 88 valence electrons. The molecule has 0 aromatic heterocycles. The van der Waals surface area contributed by atoms with E-state index in [2.05, 4.69) is 0 Å². The van der Waals surface area contributed by atoms with E-state index in [1.807, 2.05) is 6.92 Å². The van der Waals surface area contributed by atoms with Crippen molar-refractivity contribution in [1.82, 2.24) is 0 Å². The van der Waals surface area contributed by atoms with Crippen molar-refractivity contribution in [1.29, 1.82) is 0 Å². The third-order valence-corrected chi connectivity index (χ3v) is 2.11. The summed E-state index contributed by atoms with van der Waals surface area (Å²) in [4.78, 5) is 10.4. The van der Waals surface area contributed by atoms with Gasteiger partial charge in [0.05, 0.1) is 19.1 Å². The lowest BCUT2D eigenvalue weighted by molar-refractivity contribution is -0.139. The maximum Gasteiger partial charge on any atom is 0.306 e. The fourth-order valence-corrected chi connectivity index (χ4v) is 1.29. The Labute approximate surface area is 94.5 Å². The van der Waals surface area contributed by atoms with Crippen LogP contribution in [0.4, 0.5) is 0 Å². The highest BCUT2D eigenvalue weighted by molar-refractivity contribution is 5.67. The minimum Gasteiger partial charge on any atom is -0.494 e. The number of aliphatic carboxylic acids is 1. The van der Waals surface area contributed by atoms with Gasteiger partial charge in [-0.1, -0.05) is 19.1 Å². The summed E-state index contributed by atoms with van der Waals surface area (Å²) < 4.78 is 5.37. The number of hydrogen-bond donors (Lipinski definition) is 2. The molecule has 0 aliphatic carbocycles. The van der Waals surface area contributed by atoms with Gasteiger partial charge in [-0.05, 0) is 24.1 Å². The summed E-state index contributed by atoms with van der Waals surface area (Å²) in [6.45, 7) is 2.67. The first-order valence-electron chi connectivity index (χ1n) is 5.26. The first-order valence-corrected chi connectivity index (χ1v) is 5.26. The van der Waals surface area contributed by atoms with E-state index in [-0.39, 0.29) is 6.42 Å². The van der Waals surface area contributed by atoms with Gasteiger partial charge in [0.15, 0.2) is 0 Å². The molecule has 1 aromatic rings. The maximum absolute atomic E-state index is 10.4. The predicted octanol–water partition coefficient (Wildman–Crippen LogP) is 1.98. The lowest BCUT2D eigenvalue weighted by atomic mass is 10.1. The van der Waals surface area contributed by atoms with E-state index in [9.17, 15) is 9.90 Å². The molecule has 0 bridgehead atoms. The van der Waals surface area contributed by atoms with E-state index in [1.165, 1.54) is 0 Å². The number of rotatable bonds is 6. The van der Waals surface area contributed by atoms with Crippen LogP contribution >= 0.6 is 0 Å². The van der Waals surface area contributed by atoms with Crippen molar-refractivity contribution in [2.75, 3.05) is 6.61 Å². The maximum atomic E-state index is 10.4. The Morgan fingerprint density at radius 2 is 2.00 bits per heavy atom. The van der Waals surface area contributed by atoms with Crippen LogP contribution in [-0.2, 0) is 4.79 Å². The second kappa shape index (κ2) is 6.12. The second-order valence-corrected chi connectivity index (χ2v) is 3.53. The van der Waals surface area contributed by atoms with Crippen LogP contribution in [0.25, 0.3) is 0 Å². The van der Waals surface area contributed by atoms with Gasteiger partial charge in [0.1, 0.15) is 5.75 Å². The van der Waals surface area contributed by atoms with E-state index in [0.717, 1.165) is 12.2 Å². The van der Waals surface area contributed by atoms with Crippen LogP contribution in [0, 0.1) is 0 Å². The van der Waals surface area contributed by atoms with Crippen LogP contribution in [0.2, 0.25) is 0 Å². The minimum atomic E-state index is -1.01. The standard InChI is InChI=1S/C12H16O4/c1-2-7-16-10-5-3-9(4-6-10)11(13)8-12(14)15/h3-6,11,13H,2,7-8H2,1H3,(H,14,15). The second-order valence-electron chi connectivity index (χ2n) is 3.53. The Balaban J connectivity index is 2.59. The number of benzene rings is 1. The Bertz CT molecular complexity index is 331. The van der Waals surface area contributed by atoms with Crippen molar-refractivity contribution < 1.29 is 19.7 Å². The van der Waals surface area contributed by atoms with Crippen molar-refractivity contribution >= 4 is 5.97 Å². The van der Waals surface area contributed by atoms with Crippen molar-refractivity contribution in [2.24, 2.45) is 0 Å². The number of aliphatic hydroxyl groups excluding tert-OH is 1. The van der Waals surface area contributed by atoms with E-state index < -0.39 is 12.1 Å². The topological polar surface area (TPSA) is 66.8 Å². The normalized spacial score (nSPS) is 12.1. The first-order chi connectivity index (χ1) is 7.63. The van der Waals surface area contributed by atoms with E-state index >= 15 is 0 Å². The number of carboxylic acid groups (broad SMARTS) is 1. The molecule has 0 spiro atoms. The molecule has 0 radical (unpaired) electrons. The fourth-order valence-electron chi connectivity index (χ4n) is 1.29. The zero-order chi connectivity index (χ0) is 12.0. The third-order valence-electron chi connectivity index (χ3n) is 2.11. The highest BCUT2D eigenvalue weighted by atomic mass is 16.5. The number of ether oxygens (including phenoxy) is 1. The van der Waals surface area contributed by atoms with Crippen molar-refractivity contribution in [3.8, 4) is 5.75 Å². The summed E-state index contributed by atoms with van der Waals surface area (Å²) in [5, 5.41) is 18.1. The van der Waals surface area contributed by atoms with Gasteiger partial charge in [0.25, 0.3) is 0 Å². The molecule has 1 unspecified atom stereocenters. The summed E-state index contributed by atoms with van der Waals surface area (Å²) in [6, 6.07) is 6.82. The lowest BCUT2D eigenvalue weighted by Crippen LogP contribution is -2.05. The minimum absolute atomic E-state index is 0.283. The average Bonchev–Trinajstić information content (AvgIpc) is 2.26. The van der Waals surface area contributed by atoms with E-state index in [1.54, 1.807) is 24.3 Å². The Kier molecular flexibility index (Phi) is 4.79. The molecule has 4 heteroatoms. The van der Waals surface area contributed by atoms with Crippen LogP contribution in [0.3, 0.4) is 0 Å². The molecule has 0 saturated heterocycles. The molecule has 0 aliphatic heterocycles. The largest absolute Gasteiger partial charge is 0.494 e. The molecule has 16 heavy (non-hydrogen) atoms. The highest BCUT2D eigenvalue weighted by Gasteiger charge is 2.11. The van der Waals surface area contributed by atoms with Crippen molar-refractivity contribution in [3.63, 3.8) is 0 Å². The SMILES string of the molecule is CCCOc1ccc(C(O)CC(=O)O)cc1. The number of hydrogen-bond acceptors (Lipinski definition) is 3. The van der Waals surface area contributed by atoms with Crippen molar-refractivity contribution in [2.45, 2.75) is 25.9 Å². The molecule has 0 fully saturated rings. The monoisotopic (exact) mass is 224 g/mol. The predicted molar refractivity (Wildman–Crippen MR) is 59.4 cm³/mol. The van der Waals surface area contributed by atoms with Gasteiger partial charge in [-0.25, -0.2) is 0 Å². The Hall–Kier alpha value is -1.55. The molecular formula is C12H16O4. The lowest BCUT2D eigenvalue weighted by Gasteiger charge is -2.09. The third kappa shape index (κ3) is 3.90. The molecule has 1 aromatic carbocycles. The number of carboxylic acids is 1.